The number of nitrogens with one attached hydrogen (secondary N) is 2. The molecule has 0 atom stereocenters. The van der Waals surface area contributed by atoms with Gasteiger partial charge < -0.3 is 10.6 Å². The maximum atomic E-state index is 12.2. The van der Waals surface area contributed by atoms with Crippen molar-refractivity contribution >= 4 is 11.7 Å². The predicted molar refractivity (Wildman–Crippen MR) is 97.0 cm³/mol. The van der Waals surface area contributed by atoms with Crippen LogP contribution in [-0.2, 0) is 11.8 Å². The molecule has 23 heavy (non-hydrogen) atoms. The number of hydrogen-bond acceptors (Lipinski definition) is 1. The molecule has 0 radical (unpaired) electrons. The number of aryl methyl sites for hydroxylation is 1. The second-order valence-corrected chi connectivity index (χ2v) is 6.86. The van der Waals surface area contributed by atoms with Crippen LogP contribution in [0, 0.1) is 6.92 Å². The number of urea groups is 1. The van der Waals surface area contributed by atoms with Crippen molar-refractivity contribution in [2.24, 2.45) is 0 Å². The Morgan fingerprint density at radius 2 is 1.70 bits per heavy atom. The molecule has 0 aliphatic rings. The minimum absolute atomic E-state index is 0.0152. The molecule has 3 nitrogen and oxygen atoms in total. The Labute approximate surface area is 139 Å². The first-order valence-corrected chi connectivity index (χ1v) is 8.07. The minimum Gasteiger partial charge on any atom is -0.338 e. The first-order chi connectivity index (χ1) is 10.9. The fourth-order valence-corrected chi connectivity index (χ4v) is 2.58. The second-order valence-electron chi connectivity index (χ2n) is 6.86. The molecular weight excluding hydrogens is 284 g/mol. The third kappa shape index (κ3) is 4.85. The van der Waals surface area contributed by atoms with Crippen molar-refractivity contribution < 1.29 is 4.79 Å². The number of hydrogen-bond donors (Lipinski definition) is 2. The van der Waals surface area contributed by atoms with Crippen molar-refractivity contribution in [3.63, 3.8) is 0 Å². The molecule has 0 saturated carbocycles. The Kier molecular flexibility index (Phi) is 5.43. The van der Waals surface area contributed by atoms with Gasteiger partial charge in [0.25, 0.3) is 0 Å². The van der Waals surface area contributed by atoms with Crippen LogP contribution >= 0.6 is 0 Å². The van der Waals surface area contributed by atoms with Gasteiger partial charge in [-0.2, -0.15) is 0 Å². The molecule has 0 heterocycles. The summed E-state index contributed by atoms with van der Waals surface area (Å²) in [7, 11) is 0. The molecule has 0 saturated heterocycles. The largest absolute Gasteiger partial charge is 0.338 e. The van der Waals surface area contributed by atoms with E-state index >= 15 is 0 Å². The summed E-state index contributed by atoms with van der Waals surface area (Å²) in [4.78, 5) is 12.2. The summed E-state index contributed by atoms with van der Waals surface area (Å²) in [5.74, 6) is 0. The van der Waals surface area contributed by atoms with E-state index in [1.165, 1.54) is 5.56 Å². The van der Waals surface area contributed by atoms with Gasteiger partial charge >= 0.3 is 6.03 Å². The van der Waals surface area contributed by atoms with Gasteiger partial charge in [0.2, 0.25) is 0 Å². The topological polar surface area (TPSA) is 41.1 Å². The van der Waals surface area contributed by atoms with Crippen LogP contribution in [0.3, 0.4) is 0 Å². The number of carbonyl (C=O) groups is 1. The summed E-state index contributed by atoms with van der Waals surface area (Å²) in [6.07, 6.45) is 0.828. The highest BCUT2D eigenvalue weighted by molar-refractivity contribution is 5.91. The molecule has 2 rings (SSSR count). The first kappa shape index (κ1) is 17.1. The van der Waals surface area contributed by atoms with Crippen LogP contribution in [0.25, 0.3) is 0 Å². The van der Waals surface area contributed by atoms with E-state index in [9.17, 15) is 4.79 Å². The van der Waals surface area contributed by atoms with E-state index in [2.05, 4.69) is 49.6 Å². The highest BCUT2D eigenvalue weighted by Gasteiger charge is 2.20. The van der Waals surface area contributed by atoms with E-state index in [1.807, 2.05) is 37.3 Å². The Morgan fingerprint density at radius 1 is 1.00 bits per heavy atom. The molecule has 2 aromatic carbocycles. The molecule has 0 aliphatic carbocycles. The molecule has 0 unspecified atom stereocenters. The van der Waals surface area contributed by atoms with Crippen LogP contribution in [0.2, 0.25) is 0 Å². The van der Waals surface area contributed by atoms with E-state index in [-0.39, 0.29) is 11.4 Å². The van der Waals surface area contributed by atoms with Crippen molar-refractivity contribution in [1.82, 2.24) is 5.32 Å². The lowest BCUT2D eigenvalue weighted by Gasteiger charge is -2.24. The zero-order chi connectivity index (χ0) is 16.9. The van der Waals surface area contributed by atoms with Crippen LogP contribution in [0.5, 0.6) is 0 Å². The summed E-state index contributed by atoms with van der Waals surface area (Å²) in [5, 5.41) is 5.96. The second kappa shape index (κ2) is 7.32. The van der Waals surface area contributed by atoms with Gasteiger partial charge in [0, 0.05) is 12.2 Å². The molecule has 2 N–H and O–H groups in total. The van der Waals surface area contributed by atoms with Crippen molar-refractivity contribution in [3.05, 3.63) is 65.2 Å². The number of benzene rings is 2. The third-order valence-corrected chi connectivity index (χ3v) is 3.86. The lowest BCUT2D eigenvalue weighted by molar-refractivity contribution is 0.252. The number of para-hydroxylation sites is 1. The lowest BCUT2D eigenvalue weighted by atomic mass is 9.84. The van der Waals surface area contributed by atoms with E-state index in [0.29, 0.717) is 6.54 Å². The molecular formula is C20H26N2O. The quantitative estimate of drug-likeness (QED) is 0.847. The van der Waals surface area contributed by atoms with Gasteiger partial charge in [-0.05, 0) is 35.4 Å². The zero-order valence-electron chi connectivity index (χ0n) is 14.4. The van der Waals surface area contributed by atoms with Gasteiger partial charge in [0.05, 0.1) is 0 Å². The zero-order valence-corrected chi connectivity index (χ0v) is 14.4. The average molecular weight is 310 g/mol. The number of anilines is 1. The number of rotatable bonds is 4. The van der Waals surface area contributed by atoms with E-state index in [0.717, 1.165) is 23.2 Å². The van der Waals surface area contributed by atoms with E-state index < -0.39 is 0 Å². The van der Waals surface area contributed by atoms with Crippen molar-refractivity contribution in [2.45, 2.75) is 39.5 Å². The fraction of sp³-hybridized carbons (Fsp3) is 0.350. The third-order valence-electron chi connectivity index (χ3n) is 3.86. The molecule has 0 bridgehead atoms. The number of carbonyl (C=O) groups excluding carboxylic acids is 1. The summed E-state index contributed by atoms with van der Waals surface area (Å²) in [5.41, 5.74) is 4.35. The van der Waals surface area contributed by atoms with Crippen LogP contribution in [0.1, 0.15) is 37.5 Å². The van der Waals surface area contributed by atoms with Crippen LogP contribution in [0.15, 0.2) is 48.5 Å². The summed E-state index contributed by atoms with van der Waals surface area (Å²) < 4.78 is 0. The maximum Gasteiger partial charge on any atom is 0.319 e. The van der Waals surface area contributed by atoms with Crippen molar-refractivity contribution in [3.8, 4) is 0 Å². The van der Waals surface area contributed by atoms with Gasteiger partial charge in [-0.25, -0.2) is 4.79 Å². The summed E-state index contributed by atoms with van der Waals surface area (Å²) >= 11 is 0. The molecule has 3 heteroatoms. The Balaban J connectivity index is 1.98. The Hall–Kier alpha value is -2.29. The molecule has 2 aromatic rings. The summed E-state index contributed by atoms with van der Waals surface area (Å²) in [6.45, 7) is 9.10. The summed E-state index contributed by atoms with van der Waals surface area (Å²) in [6, 6.07) is 16.1. The standard InChI is InChI=1S/C20H26N2O/c1-15-9-8-12-17(20(2,3)4)18(15)22-19(23)21-14-13-16-10-6-5-7-11-16/h5-12H,13-14H2,1-4H3,(H2,21,22,23). The molecule has 0 fully saturated rings. The van der Waals surface area contributed by atoms with Gasteiger partial charge in [-0.15, -0.1) is 0 Å². The van der Waals surface area contributed by atoms with Crippen LogP contribution < -0.4 is 10.6 Å². The van der Waals surface area contributed by atoms with Crippen LogP contribution in [-0.4, -0.2) is 12.6 Å². The van der Waals surface area contributed by atoms with Crippen molar-refractivity contribution in [1.29, 1.82) is 0 Å². The highest BCUT2D eigenvalue weighted by Crippen LogP contribution is 2.31. The monoisotopic (exact) mass is 310 g/mol. The van der Waals surface area contributed by atoms with E-state index in [4.69, 9.17) is 0 Å². The molecule has 0 aromatic heterocycles. The maximum absolute atomic E-state index is 12.2. The minimum atomic E-state index is -0.152. The van der Waals surface area contributed by atoms with Crippen molar-refractivity contribution in [2.75, 3.05) is 11.9 Å². The average Bonchev–Trinajstić information content (AvgIpc) is 2.49. The SMILES string of the molecule is Cc1cccc(C(C)(C)C)c1NC(=O)NCCc1ccccc1. The molecule has 0 spiro atoms. The van der Waals surface area contributed by atoms with Crippen LogP contribution in [0.4, 0.5) is 10.5 Å². The van der Waals surface area contributed by atoms with Gasteiger partial charge in [-0.1, -0.05) is 69.3 Å². The van der Waals surface area contributed by atoms with Gasteiger partial charge in [-0.3, -0.25) is 0 Å². The van der Waals surface area contributed by atoms with Gasteiger partial charge in [0.15, 0.2) is 0 Å². The molecule has 0 aliphatic heterocycles. The smallest absolute Gasteiger partial charge is 0.319 e. The predicted octanol–water partition coefficient (Wildman–Crippen LogP) is 4.66. The first-order valence-electron chi connectivity index (χ1n) is 8.07. The fourth-order valence-electron chi connectivity index (χ4n) is 2.58. The lowest BCUT2D eigenvalue weighted by Crippen LogP contribution is -2.31. The van der Waals surface area contributed by atoms with E-state index in [1.54, 1.807) is 0 Å². The normalized spacial score (nSPS) is 11.1. The Morgan fingerprint density at radius 3 is 2.35 bits per heavy atom. The number of amides is 2. The molecule has 122 valence electrons. The van der Waals surface area contributed by atoms with Gasteiger partial charge in [0.1, 0.15) is 0 Å². The molecule has 2 amide bonds. The highest BCUT2D eigenvalue weighted by atomic mass is 16.2. The Bertz CT molecular complexity index is 657.